The van der Waals surface area contributed by atoms with Gasteiger partial charge in [0.1, 0.15) is 23.0 Å². The van der Waals surface area contributed by atoms with Crippen molar-refractivity contribution in [2.45, 2.75) is 13.1 Å². The topological polar surface area (TPSA) is 56.5 Å². The molecule has 0 unspecified atom stereocenters. The first-order chi connectivity index (χ1) is 12.2. The predicted molar refractivity (Wildman–Crippen MR) is 87.6 cm³/mol. The van der Waals surface area contributed by atoms with E-state index in [1.54, 1.807) is 36.4 Å². The molecule has 1 aromatic heterocycles. The summed E-state index contributed by atoms with van der Waals surface area (Å²) in [4.78, 5) is 0. The molecule has 26 heavy (non-hydrogen) atoms. The van der Waals surface area contributed by atoms with Crippen LogP contribution in [0.15, 0.2) is 48.5 Å². The second-order valence-corrected chi connectivity index (χ2v) is 5.57. The summed E-state index contributed by atoms with van der Waals surface area (Å²) in [6.07, 6.45) is -4.54. The first-order valence-electron chi connectivity index (χ1n) is 7.59. The van der Waals surface area contributed by atoms with E-state index in [1.807, 2.05) is 0 Å². The molecule has 0 radical (unpaired) electrons. The maximum Gasteiger partial charge on any atom is 0.435 e. The van der Waals surface area contributed by atoms with Crippen molar-refractivity contribution < 1.29 is 27.8 Å². The smallest absolute Gasteiger partial charge is 0.435 e. The first-order valence-corrected chi connectivity index (χ1v) is 7.59. The molecule has 3 rings (SSSR count). The summed E-state index contributed by atoms with van der Waals surface area (Å²) in [5, 5.41) is 12.7. The lowest BCUT2D eigenvalue weighted by Crippen LogP contribution is -2.08. The van der Waals surface area contributed by atoms with Crippen LogP contribution in [0.2, 0.25) is 0 Å². The number of phenolic OH excluding ortho intramolecular Hbond substituents is 1. The fourth-order valence-electron chi connectivity index (χ4n) is 2.36. The molecule has 136 valence electrons. The Balaban J connectivity index is 1.76. The van der Waals surface area contributed by atoms with Crippen molar-refractivity contribution in [3.8, 4) is 28.9 Å². The van der Waals surface area contributed by atoms with Gasteiger partial charge < -0.3 is 14.6 Å². The van der Waals surface area contributed by atoms with Gasteiger partial charge in [0.2, 0.25) is 5.88 Å². The van der Waals surface area contributed by atoms with Crippen molar-refractivity contribution in [2.24, 2.45) is 7.05 Å². The van der Waals surface area contributed by atoms with Crippen LogP contribution >= 0.6 is 0 Å². The zero-order valence-electron chi connectivity index (χ0n) is 13.9. The Morgan fingerprint density at radius 1 is 0.885 bits per heavy atom. The van der Waals surface area contributed by atoms with E-state index in [0.29, 0.717) is 17.2 Å². The average Bonchev–Trinajstić information content (AvgIpc) is 2.87. The maximum absolute atomic E-state index is 12.9. The van der Waals surface area contributed by atoms with Crippen LogP contribution in [-0.4, -0.2) is 14.9 Å². The molecule has 1 heterocycles. The fraction of sp³-hybridized carbons (Fsp3) is 0.167. The van der Waals surface area contributed by atoms with Gasteiger partial charge in [-0.25, -0.2) is 4.68 Å². The number of aryl methyl sites for hydroxylation is 1. The lowest BCUT2D eigenvalue weighted by Gasteiger charge is -2.09. The summed E-state index contributed by atoms with van der Waals surface area (Å²) < 4.78 is 50.9. The van der Waals surface area contributed by atoms with Crippen LogP contribution in [0.25, 0.3) is 0 Å². The van der Waals surface area contributed by atoms with Gasteiger partial charge in [-0.05, 0) is 55.5 Å². The van der Waals surface area contributed by atoms with E-state index >= 15 is 0 Å². The second-order valence-electron chi connectivity index (χ2n) is 5.57. The molecule has 0 aliphatic carbocycles. The molecule has 0 atom stereocenters. The van der Waals surface area contributed by atoms with E-state index in [1.165, 1.54) is 26.1 Å². The van der Waals surface area contributed by atoms with Crippen LogP contribution in [0, 0.1) is 6.92 Å². The number of hydrogen-bond donors (Lipinski definition) is 1. The van der Waals surface area contributed by atoms with Gasteiger partial charge in [-0.1, -0.05) is 0 Å². The predicted octanol–water partition coefficient (Wildman–Crippen LogP) is 5.04. The molecule has 0 aliphatic heterocycles. The number of halogens is 3. The Morgan fingerprint density at radius 3 is 1.81 bits per heavy atom. The van der Waals surface area contributed by atoms with E-state index < -0.39 is 11.9 Å². The molecule has 5 nitrogen and oxygen atoms in total. The van der Waals surface area contributed by atoms with Crippen molar-refractivity contribution in [3.05, 3.63) is 59.8 Å². The minimum Gasteiger partial charge on any atom is -0.508 e. The van der Waals surface area contributed by atoms with Crippen molar-refractivity contribution in [1.29, 1.82) is 0 Å². The highest BCUT2D eigenvalue weighted by molar-refractivity contribution is 5.40. The summed E-state index contributed by atoms with van der Waals surface area (Å²) in [5.74, 6) is 1.55. The van der Waals surface area contributed by atoms with E-state index in [2.05, 4.69) is 5.10 Å². The third-order valence-corrected chi connectivity index (χ3v) is 3.60. The third kappa shape index (κ3) is 3.74. The lowest BCUT2D eigenvalue weighted by atomic mass is 10.2. The van der Waals surface area contributed by atoms with E-state index in [4.69, 9.17) is 9.47 Å². The molecule has 0 fully saturated rings. The third-order valence-electron chi connectivity index (χ3n) is 3.60. The number of ether oxygens (including phenoxy) is 2. The van der Waals surface area contributed by atoms with E-state index in [0.717, 1.165) is 4.68 Å². The summed E-state index contributed by atoms with van der Waals surface area (Å²) in [6, 6.07) is 12.6. The highest BCUT2D eigenvalue weighted by Gasteiger charge is 2.38. The van der Waals surface area contributed by atoms with E-state index in [9.17, 15) is 18.3 Å². The summed E-state index contributed by atoms with van der Waals surface area (Å²) >= 11 is 0. The van der Waals surface area contributed by atoms with Crippen LogP contribution in [-0.2, 0) is 13.2 Å². The number of nitrogens with zero attached hydrogens (tertiary/aromatic N) is 2. The molecule has 0 aliphatic rings. The average molecular weight is 364 g/mol. The number of aromatic hydroxyl groups is 1. The Morgan fingerprint density at radius 2 is 1.35 bits per heavy atom. The van der Waals surface area contributed by atoms with Crippen LogP contribution in [0.5, 0.6) is 28.9 Å². The fourth-order valence-corrected chi connectivity index (χ4v) is 2.36. The number of rotatable bonds is 4. The van der Waals surface area contributed by atoms with Crippen molar-refractivity contribution in [2.75, 3.05) is 0 Å². The minimum absolute atomic E-state index is 0.0181. The number of alkyl halides is 3. The highest BCUT2D eigenvalue weighted by Crippen LogP contribution is 2.36. The molecule has 0 amide bonds. The lowest BCUT2D eigenvalue weighted by molar-refractivity contribution is -0.141. The van der Waals surface area contributed by atoms with Crippen LogP contribution in [0.3, 0.4) is 0 Å². The molecule has 0 spiro atoms. The van der Waals surface area contributed by atoms with Crippen molar-refractivity contribution in [1.82, 2.24) is 9.78 Å². The Bertz CT molecular complexity index is 901. The van der Waals surface area contributed by atoms with Gasteiger partial charge in [-0.3, -0.25) is 0 Å². The van der Waals surface area contributed by atoms with Gasteiger partial charge in [0.15, 0.2) is 5.69 Å². The normalized spacial score (nSPS) is 11.4. The van der Waals surface area contributed by atoms with Gasteiger partial charge in [0.05, 0.1) is 0 Å². The molecule has 2 aromatic carbocycles. The molecular weight excluding hydrogens is 349 g/mol. The zero-order chi connectivity index (χ0) is 18.9. The van der Waals surface area contributed by atoms with Gasteiger partial charge >= 0.3 is 6.18 Å². The Hall–Kier alpha value is -3.16. The number of phenols is 1. The monoisotopic (exact) mass is 364 g/mol. The first kappa shape index (κ1) is 17.7. The Kier molecular flexibility index (Phi) is 4.50. The van der Waals surface area contributed by atoms with Gasteiger partial charge in [0, 0.05) is 12.6 Å². The SMILES string of the molecule is Cc1c(C(F)(F)F)nn(C)c1Oc1ccc(Oc2ccc(O)cc2)cc1. The van der Waals surface area contributed by atoms with Crippen LogP contribution < -0.4 is 9.47 Å². The van der Waals surface area contributed by atoms with Crippen molar-refractivity contribution in [3.63, 3.8) is 0 Å². The second kappa shape index (κ2) is 6.62. The molecule has 0 saturated carbocycles. The van der Waals surface area contributed by atoms with Gasteiger partial charge in [-0.2, -0.15) is 18.3 Å². The molecule has 8 heteroatoms. The quantitative estimate of drug-likeness (QED) is 0.705. The molecule has 1 N–H and O–H groups in total. The summed E-state index contributed by atoms with van der Waals surface area (Å²) in [7, 11) is 1.39. The number of hydrogen-bond acceptors (Lipinski definition) is 4. The zero-order valence-corrected chi connectivity index (χ0v) is 13.9. The summed E-state index contributed by atoms with van der Waals surface area (Å²) in [6.45, 7) is 1.31. The number of aromatic nitrogens is 2. The molecule has 0 bridgehead atoms. The molecule has 0 saturated heterocycles. The van der Waals surface area contributed by atoms with Crippen LogP contribution in [0.1, 0.15) is 11.3 Å². The van der Waals surface area contributed by atoms with Gasteiger partial charge in [0.25, 0.3) is 0 Å². The van der Waals surface area contributed by atoms with Crippen LogP contribution in [0.4, 0.5) is 13.2 Å². The molecule has 3 aromatic rings. The molecular formula is C18H15F3N2O3. The number of benzene rings is 2. The van der Waals surface area contributed by atoms with Gasteiger partial charge in [-0.15, -0.1) is 0 Å². The largest absolute Gasteiger partial charge is 0.508 e. The minimum atomic E-state index is -4.54. The summed E-state index contributed by atoms with van der Waals surface area (Å²) in [5.41, 5.74) is -1.05. The van der Waals surface area contributed by atoms with Crippen molar-refractivity contribution >= 4 is 0 Å². The maximum atomic E-state index is 12.9. The Labute approximate surface area is 147 Å². The highest BCUT2D eigenvalue weighted by atomic mass is 19.4. The standard InChI is InChI=1S/C18H15F3N2O3/c1-11-16(18(19,20)21)22-23(2)17(11)26-15-9-7-14(8-10-15)25-13-5-3-12(24)4-6-13/h3-10,24H,1-2H3. The van der Waals surface area contributed by atoms with E-state index in [-0.39, 0.29) is 17.2 Å².